The first-order valence-electron chi connectivity index (χ1n) is 16.6. The molecule has 0 saturated carbocycles. The molecular weight excluding hydrogens is 645 g/mol. The predicted molar refractivity (Wildman–Crippen MR) is 202 cm³/mol. The van der Waals surface area contributed by atoms with E-state index < -0.39 is 23.2 Å². The molecule has 0 spiro atoms. The van der Waals surface area contributed by atoms with E-state index >= 15 is 0 Å². The van der Waals surface area contributed by atoms with Gasteiger partial charge in [0.1, 0.15) is 0 Å². The SMILES string of the molecule is CC(C)(C)c1ccc(N(c2ccc(-c3ccc(C=C4C(=O)c5cc6cc(F)c(F)cc6cc5C4=O)s3)cc2)c2ccc(C(C)(C)C)cc2)cc1. The molecule has 0 unspecified atom stereocenters. The molecule has 0 saturated heterocycles. The van der Waals surface area contributed by atoms with E-state index in [1.54, 1.807) is 6.08 Å². The Morgan fingerprint density at radius 2 is 0.980 bits per heavy atom. The lowest BCUT2D eigenvalue weighted by atomic mass is 9.86. The number of rotatable bonds is 5. The highest BCUT2D eigenvalue weighted by Crippen LogP contribution is 2.39. The molecule has 1 aromatic heterocycles. The first kappa shape index (κ1) is 33.3. The molecule has 0 aliphatic heterocycles. The molecule has 7 rings (SSSR count). The van der Waals surface area contributed by atoms with Crippen molar-refractivity contribution < 1.29 is 18.4 Å². The second kappa shape index (κ2) is 12.3. The number of Topliss-reactive ketones (excluding diaryl/α,β-unsaturated/α-hetero) is 2. The number of nitrogens with zero attached hydrogens (tertiary/aromatic N) is 1. The first-order chi connectivity index (χ1) is 23.7. The van der Waals surface area contributed by atoms with Crippen molar-refractivity contribution in [3.8, 4) is 10.4 Å². The number of anilines is 3. The van der Waals surface area contributed by atoms with Gasteiger partial charge in [-0.2, -0.15) is 0 Å². The van der Waals surface area contributed by atoms with Gasteiger partial charge in [-0.25, -0.2) is 8.78 Å². The molecule has 1 heterocycles. The van der Waals surface area contributed by atoms with Gasteiger partial charge in [-0.15, -0.1) is 11.3 Å². The number of fused-ring (bicyclic) bond motifs is 2. The number of halogens is 2. The number of ketones is 2. The van der Waals surface area contributed by atoms with Crippen LogP contribution in [0.5, 0.6) is 0 Å². The van der Waals surface area contributed by atoms with Crippen molar-refractivity contribution in [3.63, 3.8) is 0 Å². The van der Waals surface area contributed by atoms with Gasteiger partial charge in [-0.1, -0.05) is 77.9 Å². The Morgan fingerprint density at radius 3 is 1.40 bits per heavy atom. The van der Waals surface area contributed by atoms with E-state index in [2.05, 4.69) is 119 Å². The maximum Gasteiger partial charge on any atom is 0.197 e. The third-order valence-electron chi connectivity index (χ3n) is 9.30. The van der Waals surface area contributed by atoms with Crippen LogP contribution in [0.25, 0.3) is 27.3 Å². The zero-order chi connectivity index (χ0) is 35.5. The van der Waals surface area contributed by atoms with Gasteiger partial charge in [0.25, 0.3) is 0 Å². The van der Waals surface area contributed by atoms with E-state index in [9.17, 15) is 18.4 Å². The first-order valence-corrected chi connectivity index (χ1v) is 17.4. The zero-order valence-electron chi connectivity index (χ0n) is 28.9. The van der Waals surface area contributed by atoms with E-state index in [1.807, 2.05) is 12.1 Å². The summed E-state index contributed by atoms with van der Waals surface area (Å²) in [4.78, 5) is 30.6. The zero-order valence-corrected chi connectivity index (χ0v) is 29.7. The van der Waals surface area contributed by atoms with Crippen molar-refractivity contribution >= 4 is 56.8 Å². The average molecular weight is 682 g/mol. The Labute approximate surface area is 295 Å². The smallest absolute Gasteiger partial charge is 0.197 e. The van der Waals surface area contributed by atoms with Gasteiger partial charge < -0.3 is 4.90 Å². The number of allylic oxidation sites excluding steroid dienone is 1. The Hall–Kier alpha value is -5.20. The average Bonchev–Trinajstić information content (AvgIpc) is 3.63. The fourth-order valence-corrected chi connectivity index (χ4v) is 7.32. The highest BCUT2D eigenvalue weighted by atomic mass is 32.1. The lowest BCUT2D eigenvalue weighted by molar-refractivity contribution is 0.0990. The summed E-state index contributed by atoms with van der Waals surface area (Å²) in [7, 11) is 0. The topological polar surface area (TPSA) is 37.4 Å². The Kier molecular flexibility index (Phi) is 8.19. The van der Waals surface area contributed by atoms with E-state index in [1.165, 1.54) is 34.6 Å². The molecule has 6 aromatic rings. The minimum Gasteiger partial charge on any atom is -0.311 e. The van der Waals surface area contributed by atoms with Crippen molar-refractivity contribution in [1.29, 1.82) is 0 Å². The van der Waals surface area contributed by atoms with Crippen LogP contribution in [-0.4, -0.2) is 11.6 Å². The van der Waals surface area contributed by atoms with E-state index in [4.69, 9.17) is 0 Å². The van der Waals surface area contributed by atoms with Crippen LogP contribution >= 0.6 is 11.3 Å². The minimum absolute atomic E-state index is 0.0468. The van der Waals surface area contributed by atoms with Gasteiger partial charge in [0.05, 0.1) is 5.57 Å². The number of thiophene rings is 1. The molecule has 0 atom stereocenters. The maximum absolute atomic E-state index is 13.9. The largest absolute Gasteiger partial charge is 0.311 e. The van der Waals surface area contributed by atoms with Crippen LogP contribution < -0.4 is 4.90 Å². The normalized spacial score (nSPS) is 13.2. The van der Waals surface area contributed by atoms with Crippen molar-refractivity contribution in [2.75, 3.05) is 4.90 Å². The van der Waals surface area contributed by atoms with E-state index in [0.717, 1.165) is 44.5 Å². The van der Waals surface area contributed by atoms with Crippen molar-refractivity contribution in [2.24, 2.45) is 0 Å². The molecule has 5 aromatic carbocycles. The molecule has 3 nitrogen and oxygen atoms in total. The number of benzene rings is 5. The number of carbonyl (C=O) groups is 2. The lowest BCUT2D eigenvalue weighted by Crippen LogP contribution is -2.14. The summed E-state index contributed by atoms with van der Waals surface area (Å²) in [5.74, 6) is -2.83. The summed E-state index contributed by atoms with van der Waals surface area (Å²) in [6, 6.07) is 34.8. The summed E-state index contributed by atoms with van der Waals surface area (Å²) in [5, 5.41) is 0.739. The molecule has 50 heavy (non-hydrogen) atoms. The van der Waals surface area contributed by atoms with Crippen LogP contribution in [0.1, 0.15) is 78.3 Å². The van der Waals surface area contributed by atoms with Gasteiger partial charge in [0, 0.05) is 37.9 Å². The summed E-state index contributed by atoms with van der Waals surface area (Å²) in [6.07, 6.45) is 1.61. The Balaban J connectivity index is 1.18. The Morgan fingerprint density at radius 1 is 0.560 bits per heavy atom. The lowest BCUT2D eigenvalue weighted by Gasteiger charge is -2.28. The van der Waals surface area contributed by atoms with Crippen LogP contribution in [0.2, 0.25) is 0 Å². The van der Waals surface area contributed by atoms with Crippen molar-refractivity contribution in [1.82, 2.24) is 0 Å². The third kappa shape index (κ3) is 6.20. The predicted octanol–water partition coefficient (Wildman–Crippen LogP) is 12.4. The second-order valence-electron chi connectivity index (χ2n) is 14.9. The standard InChI is InChI=1S/C44H37F2NO2S/c1-43(2,3)29-9-15-32(16-10-29)47(33-17-11-30(12-18-33)44(4,5)6)31-13-7-26(8-14-31)40-20-19-34(50-40)25-37-41(48)35-21-27-23-38(45)39(46)24-28(27)22-36(35)42(37)49/h7-25H,1-6H3. The second-order valence-corrected chi connectivity index (χ2v) is 16.0. The van der Waals surface area contributed by atoms with Gasteiger partial charge in [-0.3, -0.25) is 9.59 Å². The molecule has 250 valence electrons. The molecule has 1 aliphatic carbocycles. The summed E-state index contributed by atoms with van der Waals surface area (Å²) in [6.45, 7) is 13.3. The maximum atomic E-state index is 13.9. The van der Waals surface area contributed by atoms with E-state index in [0.29, 0.717) is 10.8 Å². The molecule has 6 heteroatoms. The van der Waals surface area contributed by atoms with Crippen molar-refractivity contribution in [2.45, 2.75) is 52.4 Å². The fourth-order valence-electron chi connectivity index (χ4n) is 6.37. The highest BCUT2D eigenvalue weighted by Gasteiger charge is 2.34. The van der Waals surface area contributed by atoms with Gasteiger partial charge in [0.2, 0.25) is 0 Å². The molecule has 1 aliphatic rings. The van der Waals surface area contributed by atoms with Gasteiger partial charge in [-0.05, 0) is 117 Å². The van der Waals surface area contributed by atoms with Crippen LogP contribution in [0, 0.1) is 11.6 Å². The fraction of sp³-hybridized carbons (Fsp3) is 0.182. The summed E-state index contributed by atoms with van der Waals surface area (Å²) >= 11 is 1.48. The minimum atomic E-state index is -0.999. The summed E-state index contributed by atoms with van der Waals surface area (Å²) < 4.78 is 27.7. The van der Waals surface area contributed by atoms with E-state index in [-0.39, 0.29) is 27.5 Å². The molecule has 0 N–H and O–H groups in total. The van der Waals surface area contributed by atoms with Crippen LogP contribution in [0.3, 0.4) is 0 Å². The molecule has 0 bridgehead atoms. The Bertz CT molecular complexity index is 2200. The summed E-state index contributed by atoms with van der Waals surface area (Å²) in [5.41, 5.74) is 7.26. The van der Waals surface area contributed by atoms with Gasteiger partial charge >= 0.3 is 0 Å². The molecule has 0 radical (unpaired) electrons. The molecular formula is C44H37F2NO2S. The monoisotopic (exact) mass is 681 g/mol. The number of hydrogen-bond acceptors (Lipinski definition) is 4. The van der Waals surface area contributed by atoms with Crippen LogP contribution in [-0.2, 0) is 10.8 Å². The van der Waals surface area contributed by atoms with Crippen LogP contribution in [0.4, 0.5) is 25.8 Å². The van der Waals surface area contributed by atoms with Crippen molar-refractivity contribution in [3.05, 3.63) is 154 Å². The third-order valence-corrected chi connectivity index (χ3v) is 10.4. The highest BCUT2D eigenvalue weighted by molar-refractivity contribution is 7.16. The molecule has 0 amide bonds. The number of carbonyl (C=O) groups excluding carboxylic acids is 2. The number of hydrogen-bond donors (Lipinski definition) is 0. The quantitative estimate of drug-likeness (QED) is 0.134. The molecule has 0 fully saturated rings. The van der Waals surface area contributed by atoms with Crippen LogP contribution in [0.15, 0.2) is 115 Å². The van der Waals surface area contributed by atoms with Gasteiger partial charge in [0.15, 0.2) is 23.2 Å².